The lowest BCUT2D eigenvalue weighted by Crippen LogP contribution is -2.31. The zero-order valence-electron chi connectivity index (χ0n) is 16.8. The summed E-state index contributed by atoms with van der Waals surface area (Å²) in [6, 6.07) is 3.86. The van der Waals surface area contributed by atoms with Crippen LogP contribution in [0.5, 0.6) is 0 Å². The van der Waals surface area contributed by atoms with Crippen molar-refractivity contribution in [3.8, 4) is 0 Å². The molecule has 8 nitrogen and oxygen atoms in total. The van der Waals surface area contributed by atoms with E-state index < -0.39 is 0 Å². The predicted molar refractivity (Wildman–Crippen MR) is 105 cm³/mol. The third-order valence-electron chi connectivity index (χ3n) is 5.68. The van der Waals surface area contributed by atoms with Gasteiger partial charge in [-0.1, -0.05) is 0 Å². The van der Waals surface area contributed by atoms with Crippen molar-refractivity contribution >= 4 is 11.6 Å². The second kappa shape index (κ2) is 6.92. The molecule has 1 aliphatic rings. The molecule has 148 valence electrons. The first kappa shape index (κ1) is 18.5. The summed E-state index contributed by atoms with van der Waals surface area (Å²) >= 11 is 0. The van der Waals surface area contributed by atoms with Crippen molar-refractivity contribution in [2.45, 2.75) is 59.5 Å². The van der Waals surface area contributed by atoms with Gasteiger partial charge in [0.2, 0.25) is 5.91 Å². The fraction of sp³-hybridized carbons (Fsp3) is 0.500. The lowest BCUT2D eigenvalue weighted by atomic mass is 10.1. The summed E-state index contributed by atoms with van der Waals surface area (Å²) in [6.07, 6.45) is 2.24. The summed E-state index contributed by atoms with van der Waals surface area (Å²) in [5.74, 6) is 0.112. The number of carbonyl (C=O) groups is 1. The second-order valence-corrected chi connectivity index (χ2v) is 7.68. The van der Waals surface area contributed by atoms with Crippen molar-refractivity contribution in [3.63, 3.8) is 0 Å². The van der Waals surface area contributed by atoms with E-state index in [-0.39, 0.29) is 17.5 Å². The molecule has 4 rings (SSSR count). The summed E-state index contributed by atoms with van der Waals surface area (Å²) in [6.45, 7) is 8.89. The van der Waals surface area contributed by atoms with Gasteiger partial charge in [0.1, 0.15) is 0 Å². The molecule has 1 unspecified atom stereocenters. The first-order valence-corrected chi connectivity index (χ1v) is 9.74. The van der Waals surface area contributed by atoms with Gasteiger partial charge < -0.3 is 4.90 Å². The number of fused-ring (bicyclic) bond motifs is 1. The number of likely N-dealkylation sites (tertiary alicyclic amines) is 1. The van der Waals surface area contributed by atoms with E-state index in [4.69, 9.17) is 0 Å². The maximum atomic E-state index is 12.9. The number of nitrogens with one attached hydrogen (secondary N) is 1. The average molecular weight is 382 g/mol. The number of hydrogen-bond donors (Lipinski definition) is 1. The number of aryl methyl sites for hydroxylation is 4. The minimum Gasteiger partial charge on any atom is -0.334 e. The number of H-pyrrole nitrogens is 1. The maximum Gasteiger partial charge on any atom is 0.275 e. The molecule has 1 atom stereocenters. The molecule has 0 aromatic carbocycles. The highest BCUT2D eigenvalue weighted by molar-refractivity contribution is 5.77. The molecular weight excluding hydrogens is 356 g/mol. The molecule has 3 aromatic heterocycles. The van der Waals surface area contributed by atoms with E-state index in [2.05, 4.69) is 15.2 Å². The minimum absolute atomic E-state index is 0.0466. The highest BCUT2D eigenvalue weighted by Crippen LogP contribution is 2.32. The largest absolute Gasteiger partial charge is 0.334 e. The van der Waals surface area contributed by atoms with Gasteiger partial charge in [-0.3, -0.25) is 19.4 Å². The summed E-state index contributed by atoms with van der Waals surface area (Å²) in [7, 11) is 0. The van der Waals surface area contributed by atoms with E-state index >= 15 is 0 Å². The lowest BCUT2D eigenvalue weighted by Gasteiger charge is -2.24. The number of carbonyl (C=O) groups excluding carboxylic acids is 1. The van der Waals surface area contributed by atoms with Crippen LogP contribution in [0.25, 0.3) is 5.65 Å². The van der Waals surface area contributed by atoms with Crippen molar-refractivity contribution in [2.24, 2.45) is 0 Å². The van der Waals surface area contributed by atoms with Crippen molar-refractivity contribution < 1.29 is 4.79 Å². The van der Waals surface area contributed by atoms with Crippen LogP contribution in [0.3, 0.4) is 0 Å². The molecule has 1 aliphatic heterocycles. The normalized spacial score (nSPS) is 17.0. The molecule has 28 heavy (non-hydrogen) atoms. The van der Waals surface area contributed by atoms with Gasteiger partial charge in [0, 0.05) is 42.5 Å². The van der Waals surface area contributed by atoms with Gasteiger partial charge in [-0.25, -0.2) is 9.50 Å². The maximum absolute atomic E-state index is 12.9. The molecule has 8 heteroatoms. The smallest absolute Gasteiger partial charge is 0.275 e. The van der Waals surface area contributed by atoms with Gasteiger partial charge in [-0.15, -0.1) is 0 Å². The Kier molecular flexibility index (Phi) is 4.56. The van der Waals surface area contributed by atoms with Crippen LogP contribution in [0.4, 0.5) is 0 Å². The predicted octanol–water partition coefficient (Wildman–Crippen LogP) is 2.21. The van der Waals surface area contributed by atoms with Crippen LogP contribution in [0.1, 0.15) is 53.6 Å². The van der Waals surface area contributed by atoms with Crippen LogP contribution in [0.15, 0.2) is 16.9 Å². The Bertz CT molecular complexity index is 1110. The van der Waals surface area contributed by atoms with E-state index in [1.807, 2.05) is 42.5 Å². The number of aromatic amines is 1. The van der Waals surface area contributed by atoms with Crippen LogP contribution < -0.4 is 5.56 Å². The Labute approximate surface area is 163 Å². The quantitative estimate of drug-likeness (QED) is 0.749. The first-order valence-electron chi connectivity index (χ1n) is 9.74. The Hall–Kier alpha value is -2.90. The summed E-state index contributed by atoms with van der Waals surface area (Å²) in [4.78, 5) is 31.8. The zero-order chi connectivity index (χ0) is 20.0. The Balaban J connectivity index is 1.55. The molecule has 1 N–H and O–H groups in total. The molecule has 3 aromatic rings. The number of aromatic nitrogens is 5. The molecule has 1 saturated heterocycles. The lowest BCUT2D eigenvalue weighted by molar-refractivity contribution is -0.132. The number of rotatable bonds is 4. The van der Waals surface area contributed by atoms with Crippen LogP contribution >= 0.6 is 0 Å². The van der Waals surface area contributed by atoms with Gasteiger partial charge in [0.15, 0.2) is 5.65 Å². The van der Waals surface area contributed by atoms with E-state index in [9.17, 15) is 9.59 Å². The monoisotopic (exact) mass is 382 g/mol. The van der Waals surface area contributed by atoms with Crippen LogP contribution in [0, 0.1) is 27.7 Å². The molecule has 1 fully saturated rings. The number of amides is 1. The van der Waals surface area contributed by atoms with Crippen molar-refractivity contribution in [2.75, 3.05) is 6.54 Å². The zero-order valence-corrected chi connectivity index (χ0v) is 16.8. The highest BCUT2D eigenvalue weighted by Gasteiger charge is 2.31. The number of hydrogen-bond acceptors (Lipinski definition) is 4. The van der Waals surface area contributed by atoms with Crippen molar-refractivity contribution in [1.29, 1.82) is 0 Å². The fourth-order valence-electron chi connectivity index (χ4n) is 4.04. The third-order valence-corrected chi connectivity index (χ3v) is 5.68. The molecule has 0 spiro atoms. The third kappa shape index (κ3) is 3.12. The molecule has 0 radical (unpaired) electrons. The van der Waals surface area contributed by atoms with E-state index in [1.54, 1.807) is 6.92 Å². The van der Waals surface area contributed by atoms with Crippen LogP contribution in [-0.2, 0) is 11.3 Å². The summed E-state index contributed by atoms with van der Waals surface area (Å²) in [5, 5.41) is 7.61. The minimum atomic E-state index is -0.0887. The molecular formula is C20H26N6O2. The Morgan fingerprint density at radius 2 is 2.04 bits per heavy atom. The van der Waals surface area contributed by atoms with E-state index in [0.717, 1.165) is 42.2 Å². The fourth-order valence-corrected chi connectivity index (χ4v) is 4.04. The molecule has 0 bridgehead atoms. The van der Waals surface area contributed by atoms with Gasteiger partial charge in [0.05, 0.1) is 17.4 Å². The van der Waals surface area contributed by atoms with E-state index in [0.29, 0.717) is 24.2 Å². The molecule has 0 saturated carbocycles. The average Bonchev–Trinajstić information content (AvgIpc) is 3.35. The SMILES string of the molecule is Cc1cc(C)n(CCC(=O)N2CCCC2c2cc3nc(C)c(C)c(=O)n3[nH]2)n1. The highest BCUT2D eigenvalue weighted by atomic mass is 16.2. The summed E-state index contributed by atoms with van der Waals surface area (Å²) in [5.41, 5.74) is 4.78. The topological polar surface area (TPSA) is 88.3 Å². The van der Waals surface area contributed by atoms with Crippen molar-refractivity contribution in [1.82, 2.24) is 29.3 Å². The Morgan fingerprint density at radius 1 is 1.25 bits per heavy atom. The molecule has 4 heterocycles. The van der Waals surface area contributed by atoms with Gasteiger partial charge >= 0.3 is 0 Å². The van der Waals surface area contributed by atoms with Gasteiger partial charge in [-0.05, 0) is 46.6 Å². The van der Waals surface area contributed by atoms with Gasteiger partial charge in [-0.2, -0.15) is 5.10 Å². The summed E-state index contributed by atoms with van der Waals surface area (Å²) < 4.78 is 3.37. The van der Waals surface area contributed by atoms with E-state index in [1.165, 1.54) is 4.52 Å². The standard InChI is InChI=1S/C20H26N6O2/c1-12-10-13(2)25(22-12)9-7-19(27)24-8-5-6-17(24)16-11-18-21-15(4)14(3)20(28)26(18)23-16/h10-11,17,23H,5-9H2,1-4H3. The van der Waals surface area contributed by atoms with Crippen molar-refractivity contribution in [3.05, 3.63) is 50.8 Å². The first-order chi connectivity index (χ1) is 13.3. The Morgan fingerprint density at radius 3 is 2.75 bits per heavy atom. The molecule has 0 aliphatic carbocycles. The van der Waals surface area contributed by atoms with Gasteiger partial charge in [0.25, 0.3) is 5.56 Å². The van der Waals surface area contributed by atoms with Crippen LogP contribution in [0.2, 0.25) is 0 Å². The molecule has 1 amide bonds. The number of nitrogens with zero attached hydrogens (tertiary/aromatic N) is 5. The van der Waals surface area contributed by atoms with Crippen LogP contribution in [-0.4, -0.2) is 41.7 Å². The second-order valence-electron chi connectivity index (χ2n) is 7.68.